The first-order valence-corrected chi connectivity index (χ1v) is 13.6. The number of ketones is 4. The molecule has 2 unspecified atom stereocenters. The summed E-state index contributed by atoms with van der Waals surface area (Å²) in [5, 5.41) is 0. The van der Waals surface area contributed by atoms with Gasteiger partial charge in [-0.15, -0.1) is 0 Å². The minimum absolute atomic E-state index is 0.0532. The second kappa shape index (κ2) is 12.2. The highest BCUT2D eigenvalue weighted by atomic mass is 16.5. The van der Waals surface area contributed by atoms with E-state index >= 15 is 0 Å². The Balaban J connectivity index is 1.29. The summed E-state index contributed by atoms with van der Waals surface area (Å²) in [6, 6.07) is 10.5. The fourth-order valence-electron chi connectivity index (χ4n) is 5.24. The third-order valence-electron chi connectivity index (χ3n) is 7.56. The van der Waals surface area contributed by atoms with Gasteiger partial charge in [0, 0.05) is 10.8 Å². The Hall–Kier alpha value is -3.40. The molecule has 2 aliphatic heterocycles. The minimum Gasteiger partial charge on any atom is -0.496 e. The molecule has 2 aromatic rings. The molecule has 0 aromatic heterocycles. The molecule has 2 heterocycles. The van der Waals surface area contributed by atoms with Crippen molar-refractivity contribution < 1.29 is 42.9 Å². The third-order valence-corrected chi connectivity index (χ3v) is 7.56. The van der Waals surface area contributed by atoms with E-state index in [4.69, 9.17) is 23.7 Å². The summed E-state index contributed by atoms with van der Waals surface area (Å²) in [5.74, 6) is -1.07. The van der Waals surface area contributed by atoms with Crippen LogP contribution in [-0.4, -0.2) is 63.8 Å². The zero-order valence-corrected chi connectivity index (χ0v) is 24.5. The number of ether oxygens (including phenoxy) is 5. The number of hydrogen-bond acceptors (Lipinski definition) is 9. The van der Waals surface area contributed by atoms with Gasteiger partial charge < -0.3 is 23.7 Å². The van der Waals surface area contributed by atoms with Crippen LogP contribution in [0, 0.1) is 10.8 Å². The van der Waals surface area contributed by atoms with Crippen molar-refractivity contribution in [3.8, 4) is 11.5 Å². The maximum absolute atomic E-state index is 12.9. The second-order valence-electron chi connectivity index (χ2n) is 12.0. The number of carbonyl (C=O) groups is 4. The van der Waals surface area contributed by atoms with Crippen LogP contribution in [-0.2, 0) is 23.8 Å². The molecule has 2 atom stereocenters. The number of carbonyl (C=O) groups excluding carboxylic acids is 4. The van der Waals surface area contributed by atoms with E-state index in [9.17, 15) is 19.2 Å². The van der Waals surface area contributed by atoms with Crippen LogP contribution in [0.1, 0.15) is 84.6 Å². The topological polar surface area (TPSA) is 114 Å². The first kappa shape index (κ1) is 30.6. The summed E-state index contributed by atoms with van der Waals surface area (Å²) in [6.07, 6.45) is -1.11. The maximum Gasteiger partial charge on any atom is 0.174 e. The van der Waals surface area contributed by atoms with Crippen molar-refractivity contribution in [1.82, 2.24) is 0 Å². The quantitative estimate of drug-likeness (QED) is 0.233. The van der Waals surface area contributed by atoms with E-state index in [2.05, 4.69) is 27.7 Å². The number of methoxy groups -OCH3 is 2. The first-order valence-electron chi connectivity index (χ1n) is 13.6. The lowest BCUT2D eigenvalue weighted by Gasteiger charge is -2.44. The van der Waals surface area contributed by atoms with E-state index in [1.165, 1.54) is 14.2 Å². The lowest BCUT2D eigenvalue weighted by Crippen LogP contribution is -2.40. The predicted molar refractivity (Wildman–Crippen MR) is 150 cm³/mol. The highest BCUT2D eigenvalue weighted by molar-refractivity contribution is 6.11. The van der Waals surface area contributed by atoms with Gasteiger partial charge >= 0.3 is 0 Å². The molecule has 0 spiro atoms. The van der Waals surface area contributed by atoms with Gasteiger partial charge in [-0.25, -0.2) is 0 Å². The predicted octanol–water partition coefficient (Wildman–Crippen LogP) is 4.90. The molecule has 4 rings (SSSR count). The summed E-state index contributed by atoms with van der Waals surface area (Å²) in [7, 11) is 2.92. The molecule has 2 fully saturated rings. The van der Waals surface area contributed by atoms with E-state index in [1.807, 2.05) is 12.1 Å². The van der Waals surface area contributed by atoms with Crippen LogP contribution in [0.4, 0.5) is 0 Å². The number of rotatable bonds is 14. The largest absolute Gasteiger partial charge is 0.496 e. The molecule has 220 valence electrons. The summed E-state index contributed by atoms with van der Waals surface area (Å²) in [6.45, 7) is 8.73. The van der Waals surface area contributed by atoms with Crippen LogP contribution in [0.15, 0.2) is 36.4 Å². The molecule has 41 heavy (non-hydrogen) atoms. The Kier molecular flexibility index (Phi) is 9.11. The molecule has 2 aliphatic rings. The average molecular weight is 567 g/mol. The van der Waals surface area contributed by atoms with Crippen LogP contribution in [0.2, 0.25) is 0 Å². The van der Waals surface area contributed by atoms with E-state index < -0.39 is 49.2 Å². The molecule has 9 nitrogen and oxygen atoms in total. The van der Waals surface area contributed by atoms with Gasteiger partial charge in [0.25, 0.3) is 0 Å². The van der Waals surface area contributed by atoms with Gasteiger partial charge in [0.1, 0.15) is 24.7 Å². The lowest BCUT2D eigenvalue weighted by molar-refractivity contribution is -0.172. The number of hydrogen-bond donors (Lipinski definition) is 0. The summed E-state index contributed by atoms with van der Waals surface area (Å²) in [5.41, 5.74) is 2.16. The van der Waals surface area contributed by atoms with E-state index in [0.717, 1.165) is 11.1 Å². The van der Waals surface area contributed by atoms with Gasteiger partial charge in [0.15, 0.2) is 23.1 Å². The molecule has 0 aliphatic carbocycles. The zero-order chi connectivity index (χ0) is 29.9. The van der Waals surface area contributed by atoms with Crippen molar-refractivity contribution in [2.24, 2.45) is 10.8 Å². The van der Waals surface area contributed by atoms with Gasteiger partial charge in [-0.2, -0.15) is 0 Å². The average Bonchev–Trinajstić information content (AvgIpc) is 2.91. The zero-order valence-electron chi connectivity index (χ0n) is 24.5. The molecular weight excluding hydrogens is 528 g/mol. The van der Waals surface area contributed by atoms with Crippen LogP contribution in [0.3, 0.4) is 0 Å². The van der Waals surface area contributed by atoms with E-state index in [-0.39, 0.29) is 34.2 Å². The summed E-state index contributed by atoms with van der Waals surface area (Å²) >= 11 is 0. The Morgan fingerprint density at radius 1 is 0.707 bits per heavy atom. The highest BCUT2D eigenvalue weighted by Gasteiger charge is 2.42. The van der Waals surface area contributed by atoms with E-state index in [0.29, 0.717) is 24.7 Å². The van der Waals surface area contributed by atoms with Crippen LogP contribution < -0.4 is 9.47 Å². The van der Waals surface area contributed by atoms with Crippen molar-refractivity contribution in [3.05, 3.63) is 58.7 Å². The lowest BCUT2D eigenvalue weighted by atomic mass is 9.78. The van der Waals surface area contributed by atoms with Gasteiger partial charge in [-0.05, 0) is 35.4 Å². The Morgan fingerprint density at radius 2 is 1.10 bits per heavy atom. The highest BCUT2D eigenvalue weighted by Crippen LogP contribution is 2.47. The van der Waals surface area contributed by atoms with Crippen molar-refractivity contribution in [1.29, 1.82) is 0 Å². The molecule has 0 N–H and O–H groups in total. The summed E-state index contributed by atoms with van der Waals surface area (Å²) < 4.78 is 27.3. The fourth-order valence-corrected chi connectivity index (χ4v) is 5.24. The van der Waals surface area contributed by atoms with Crippen LogP contribution in [0.5, 0.6) is 11.5 Å². The fraction of sp³-hybridized carbons (Fsp3) is 0.500. The Labute approximate surface area is 240 Å². The molecular formula is C32H38O9. The van der Waals surface area contributed by atoms with Crippen LogP contribution >= 0.6 is 0 Å². The molecule has 0 radical (unpaired) electrons. The molecule has 0 saturated carbocycles. The summed E-state index contributed by atoms with van der Waals surface area (Å²) in [4.78, 5) is 50.9. The van der Waals surface area contributed by atoms with Crippen molar-refractivity contribution >= 4 is 23.1 Å². The molecule has 0 bridgehead atoms. The maximum atomic E-state index is 12.9. The Bertz CT molecular complexity index is 1240. The SMILES string of the molecule is COc1ccc(C2OCC2(C)C)cc1C(=O)CC(=O)COCC(=O)CC(=O)c1cc(C2OCC2(C)C)ccc1OC. The van der Waals surface area contributed by atoms with Gasteiger partial charge in [-0.3, -0.25) is 19.2 Å². The standard InChI is InChI=1S/C32H38O9/c1-31(2)17-40-29(31)19-7-9-27(37-5)23(11-19)25(35)13-21(33)15-39-16-22(34)14-26(36)24-12-20(8-10-28(24)38-6)30-32(3,4)18-41-30/h7-12,29-30H,13-18H2,1-6H3. The first-order chi connectivity index (χ1) is 19.4. The number of Topliss-reactive ketones (excluding diaryl/α,β-unsaturated/α-hetero) is 4. The third kappa shape index (κ3) is 6.74. The van der Waals surface area contributed by atoms with Crippen molar-refractivity contribution in [3.63, 3.8) is 0 Å². The smallest absolute Gasteiger partial charge is 0.174 e. The van der Waals surface area contributed by atoms with E-state index in [1.54, 1.807) is 24.3 Å². The van der Waals surface area contributed by atoms with Gasteiger partial charge in [0.2, 0.25) is 0 Å². The van der Waals surface area contributed by atoms with Gasteiger partial charge in [0.05, 0.1) is 63.6 Å². The van der Waals surface area contributed by atoms with Gasteiger partial charge in [-0.1, -0.05) is 39.8 Å². The molecule has 0 amide bonds. The van der Waals surface area contributed by atoms with Crippen molar-refractivity contribution in [2.75, 3.05) is 40.6 Å². The minimum atomic E-state index is -0.487. The molecule has 2 saturated heterocycles. The normalized spacial score (nSPS) is 20.3. The van der Waals surface area contributed by atoms with Crippen LogP contribution in [0.25, 0.3) is 0 Å². The molecule has 2 aromatic carbocycles. The van der Waals surface area contributed by atoms with Crippen molar-refractivity contribution in [2.45, 2.75) is 52.7 Å². The number of benzene rings is 2. The monoisotopic (exact) mass is 566 g/mol. The second-order valence-corrected chi connectivity index (χ2v) is 12.0. The Morgan fingerprint density at radius 3 is 1.39 bits per heavy atom. The molecule has 9 heteroatoms.